The van der Waals surface area contributed by atoms with Crippen LogP contribution in [0.3, 0.4) is 0 Å². The molecule has 3 rings (SSSR count). The van der Waals surface area contributed by atoms with Crippen LogP contribution in [0, 0.1) is 5.82 Å². The maximum absolute atomic E-state index is 13.9. The summed E-state index contributed by atoms with van der Waals surface area (Å²) in [6, 6.07) is 13.0. The molecule has 0 aliphatic heterocycles. The van der Waals surface area contributed by atoms with Gasteiger partial charge in [0.15, 0.2) is 0 Å². The number of nitrogens with zero attached hydrogens (tertiary/aromatic N) is 2. The molecule has 3 aromatic rings. The highest BCUT2D eigenvalue weighted by atomic mass is 19.4. The summed E-state index contributed by atoms with van der Waals surface area (Å²) in [5, 5.41) is 10.2. The number of methoxy groups -OCH3 is 1. The minimum atomic E-state index is -4.86. The number of esters is 1. The number of halogens is 4. The number of aromatic nitrogens is 2. The minimum Gasteiger partial charge on any atom is -0.469 e. The van der Waals surface area contributed by atoms with Crippen molar-refractivity contribution in [3.63, 3.8) is 0 Å². The van der Waals surface area contributed by atoms with Gasteiger partial charge in [0.05, 0.1) is 24.6 Å². The van der Waals surface area contributed by atoms with E-state index in [0.717, 1.165) is 36.1 Å². The van der Waals surface area contributed by atoms with Gasteiger partial charge in [0.2, 0.25) is 5.82 Å². The van der Waals surface area contributed by atoms with E-state index in [1.807, 2.05) is 0 Å². The smallest absolute Gasteiger partial charge is 0.450 e. The van der Waals surface area contributed by atoms with Gasteiger partial charge in [-0.3, -0.25) is 14.2 Å². The number of alkyl halides is 3. The van der Waals surface area contributed by atoms with Crippen molar-refractivity contribution in [2.75, 3.05) is 7.11 Å². The summed E-state index contributed by atoms with van der Waals surface area (Å²) in [6.07, 6.45) is -5.40. The molecule has 1 unspecified atom stereocenters. The number of Topliss-reactive ketones (excluding diaryl/α,β-unsaturated/α-hetero) is 1. The SMILES string of the molecule is COC(=O)CC(=O)CC(O)C=Cn1c(C(F)(F)F)nc(-c2ccc(F)cc2)c1-c1ccccc1. The molecule has 0 bridgehead atoms. The molecule has 0 fully saturated rings. The van der Waals surface area contributed by atoms with Gasteiger partial charge in [0.25, 0.3) is 0 Å². The molecule has 0 saturated carbocycles. The topological polar surface area (TPSA) is 81.4 Å². The number of ketones is 1. The number of carbonyl (C=O) groups excluding carboxylic acids is 2. The van der Waals surface area contributed by atoms with Crippen LogP contribution in [0.2, 0.25) is 0 Å². The summed E-state index contributed by atoms with van der Waals surface area (Å²) < 4.78 is 60.3. The Morgan fingerprint density at radius 1 is 1.09 bits per heavy atom. The third kappa shape index (κ3) is 5.96. The molecule has 178 valence electrons. The molecule has 0 spiro atoms. The lowest BCUT2D eigenvalue weighted by Gasteiger charge is -2.12. The Labute approximate surface area is 192 Å². The Balaban J connectivity index is 2.09. The van der Waals surface area contributed by atoms with E-state index in [2.05, 4.69) is 9.72 Å². The molecule has 1 aromatic heterocycles. The lowest BCUT2D eigenvalue weighted by atomic mass is 10.0. The molecule has 6 nitrogen and oxygen atoms in total. The van der Waals surface area contributed by atoms with Crippen molar-refractivity contribution in [1.29, 1.82) is 0 Å². The van der Waals surface area contributed by atoms with Gasteiger partial charge in [0.1, 0.15) is 18.0 Å². The molecule has 0 aliphatic rings. The molecule has 0 saturated heterocycles. The minimum absolute atomic E-state index is 0.0422. The highest BCUT2D eigenvalue weighted by molar-refractivity contribution is 5.95. The number of rotatable bonds is 8. The van der Waals surface area contributed by atoms with Gasteiger partial charge >= 0.3 is 12.1 Å². The number of ether oxygens (including phenoxy) is 1. The molecule has 1 atom stereocenters. The van der Waals surface area contributed by atoms with Crippen LogP contribution in [0.25, 0.3) is 28.7 Å². The fraction of sp³-hybridized carbons (Fsp3) is 0.208. The van der Waals surface area contributed by atoms with E-state index in [9.17, 15) is 32.3 Å². The van der Waals surface area contributed by atoms with Crippen molar-refractivity contribution in [2.24, 2.45) is 0 Å². The largest absolute Gasteiger partial charge is 0.469 e. The zero-order valence-corrected chi connectivity index (χ0v) is 17.9. The van der Waals surface area contributed by atoms with Crippen LogP contribution in [-0.4, -0.2) is 39.6 Å². The summed E-state index contributed by atoms with van der Waals surface area (Å²) in [7, 11) is 1.10. The summed E-state index contributed by atoms with van der Waals surface area (Å²) in [5.74, 6) is -3.25. The number of imidazole rings is 1. The molecule has 0 amide bonds. The van der Waals surface area contributed by atoms with Gasteiger partial charge in [-0.1, -0.05) is 30.3 Å². The normalized spacial score (nSPS) is 12.6. The first-order valence-corrected chi connectivity index (χ1v) is 10.1. The Kier molecular flexibility index (Phi) is 7.62. The standard InChI is InChI=1S/C24H20F4N2O4/c1-34-20(33)14-19(32)13-18(31)11-12-30-22(16-5-3-2-4-6-16)21(29-23(30)24(26,27)28)15-7-9-17(25)10-8-15/h2-12,18,31H,13-14H2,1H3. The number of hydrogen-bond donors (Lipinski definition) is 1. The predicted molar refractivity (Wildman–Crippen MR) is 116 cm³/mol. The van der Waals surface area contributed by atoms with Crippen molar-refractivity contribution >= 4 is 18.0 Å². The molecule has 0 aliphatic carbocycles. The average Bonchev–Trinajstić information content (AvgIpc) is 3.18. The Morgan fingerprint density at radius 2 is 1.74 bits per heavy atom. The van der Waals surface area contributed by atoms with E-state index in [4.69, 9.17) is 0 Å². The first kappa shape index (κ1) is 24.8. The molecular formula is C24H20F4N2O4. The van der Waals surface area contributed by atoms with E-state index >= 15 is 0 Å². The van der Waals surface area contributed by atoms with Gasteiger partial charge in [-0.25, -0.2) is 9.37 Å². The third-order valence-electron chi connectivity index (χ3n) is 4.79. The maximum Gasteiger partial charge on any atom is 0.450 e. The predicted octanol–water partition coefficient (Wildman–Crippen LogP) is 4.73. The van der Waals surface area contributed by atoms with Crippen LogP contribution in [0.1, 0.15) is 18.7 Å². The van der Waals surface area contributed by atoms with Crippen molar-refractivity contribution in [3.8, 4) is 22.5 Å². The summed E-state index contributed by atoms with van der Waals surface area (Å²) >= 11 is 0. The van der Waals surface area contributed by atoms with Crippen LogP contribution in [0.15, 0.2) is 60.7 Å². The van der Waals surface area contributed by atoms with E-state index in [1.165, 1.54) is 12.1 Å². The monoisotopic (exact) mass is 476 g/mol. The first-order chi connectivity index (χ1) is 16.1. The zero-order valence-electron chi connectivity index (χ0n) is 17.9. The molecule has 1 heterocycles. The first-order valence-electron chi connectivity index (χ1n) is 10.1. The quantitative estimate of drug-likeness (QED) is 0.289. The second kappa shape index (κ2) is 10.4. The second-order valence-corrected chi connectivity index (χ2v) is 7.28. The Bertz CT molecular complexity index is 1190. The number of aliphatic hydroxyl groups is 1. The number of benzene rings is 2. The maximum atomic E-state index is 13.9. The Hall–Kier alpha value is -3.79. The van der Waals surface area contributed by atoms with E-state index < -0.39 is 48.5 Å². The molecule has 10 heteroatoms. The van der Waals surface area contributed by atoms with Gasteiger partial charge in [-0.15, -0.1) is 0 Å². The molecule has 1 N–H and O–H groups in total. The van der Waals surface area contributed by atoms with Gasteiger partial charge < -0.3 is 9.84 Å². The van der Waals surface area contributed by atoms with Crippen LogP contribution in [0.5, 0.6) is 0 Å². The van der Waals surface area contributed by atoms with E-state index in [-0.39, 0.29) is 17.0 Å². The lowest BCUT2D eigenvalue weighted by Crippen LogP contribution is -2.16. The third-order valence-corrected chi connectivity index (χ3v) is 4.79. The van der Waals surface area contributed by atoms with Crippen LogP contribution < -0.4 is 0 Å². The average molecular weight is 476 g/mol. The van der Waals surface area contributed by atoms with Crippen molar-refractivity contribution in [1.82, 2.24) is 9.55 Å². The lowest BCUT2D eigenvalue weighted by molar-refractivity contribution is -0.146. The molecule has 2 aromatic carbocycles. The highest BCUT2D eigenvalue weighted by Crippen LogP contribution is 2.39. The highest BCUT2D eigenvalue weighted by Gasteiger charge is 2.39. The Morgan fingerprint density at radius 3 is 2.32 bits per heavy atom. The zero-order chi connectivity index (χ0) is 24.9. The molecule has 0 radical (unpaired) electrons. The van der Waals surface area contributed by atoms with Gasteiger partial charge in [-0.2, -0.15) is 13.2 Å². The number of carbonyl (C=O) groups is 2. The fourth-order valence-electron chi connectivity index (χ4n) is 3.25. The van der Waals surface area contributed by atoms with E-state index in [1.54, 1.807) is 30.3 Å². The van der Waals surface area contributed by atoms with Crippen molar-refractivity contribution in [2.45, 2.75) is 25.1 Å². The summed E-state index contributed by atoms with van der Waals surface area (Å²) in [5.41, 5.74) is 0.667. The summed E-state index contributed by atoms with van der Waals surface area (Å²) in [6.45, 7) is 0. The molecular weight excluding hydrogens is 456 g/mol. The van der Waals surface area contributed by atoms with Crippen molar-refractivity contribution < 1.29 is 37.0 Å². The van der Waals surface area contributed by atoms with E-state index in [0.29, 0.717) is 5.56 Å². The molecule has 34 heavy (non-hydrogen) atoms. The number of aliphatic hydroxyl groups excluding tert-OH is 1. The van der Waals surface area contributed by atoms with Crippen LogP contribution in [-0.2, 0) is 20.5 Å². The number of hydrogen-bond acceptors (Lipinski definition) is 5. The van der Waals surface area contributed by atoms with Crippen molar-refractivity contribution in [3.05, 3.63) is 72.3 Å². The fourth-order valence-corrected chi connectivity index (χ4v) is 3.25. The van der Waals surface area contributed by atoms with Gasteiger partial charge in [-0.05, 0) is 30.3 Å². The van der Waals surface area contributed by atoms with Gasteiger partial charge in [0, 0.05) is 23.7 Å². The van der Waals surface area contributed by atoms with Crippen LogP contribution in [0.4, 0.5) is 17.6 Å². The summed E-state index contributed by atoms with van der Waals surface area (Å²) in [4.78, 5) is 26.8. The second-order valence-electron chi connectivity index (χ2n) is 7.28. The van der Waals surface area contributed by atoms with Crippen LogP contribution >= 0.6 is 0 Å².